The van der Waals surface area contributed by atoms with Crippen LogP contribution in [-0.4, -0.2) is 41.6 Å². The first-order valence-corrected chi connectivity index (χ1v) is 6.72. The molecule has 0 aliphatic carbocycles. The van der Waals surface area contributed by atoms with Gasteiger partial charge in [0.1, 0.15) is 0 Å². The van der Waals surface area contributed by atoms with E-state index in [0.717, 1.165) is 0 Å². The highest BCUT2D eigenvalue weighted by atomic mass is 32.2. The molecule has 0 N–H and O–H groups in total. The quantitative estimate of drug-likeness (QED) is 0.478. The Hall–Kier alpha value is -0.180. The Labute approximate surface area is 76.1 Å². The molecule has 0 aromatic carbocycles. The van der Waals surface area contributed by atoms with E-state index in [1.807, 2.05) is 0 Å². The molecule has 0 atom stereocenters. The lowest BCUT2D eigenvalue weighted by Crippen LogP contribution is -2.29. The van der Waals surface area contributed by atoms with Crippen LogP contribution in [-0.2, 0) is 28.6 Å². The molecule has 1 spiro atoms. The van der Waals surface area contributed by atoms with Crippen molar-refractivity contribution in [1.82, 2.24) is 0 Å². The normalized spacial score (nSPS) is 33.8. The van der Waals surface area contributed by atoms with E-state index in [1.165, 1.54) is 0 Å². The van der Waals surface area contributed by atoms with Crippen LogP contribution in [0.1, 0.15) is 0 Å². The van der Waals surface area contributed by atoms with Crippen LogP contribution in [0.25, 0.3) is 0 Å². The van der Waals surface area contributed by atoms with E-state index >= 15 is 0 Å². The third-order valence-electron chi connectivity index (χ3n) is 2.06. The van der Waals surface area contributed by atoms with Gasteiger partial charge in [0, 0.05) is 0 Å². The summed E-state index contributed by atoms with van der Waals surface area (Å²) in [6, 6.07) is 0. The first-order valence-electron chi connectivity index (χ1n) is 3.57. The van der Waals surface area contributed by atoms with Gasteiger partial charge >= 0.3 is 0 Å². The summed E-state index contributed by atoms with van der Waals surface area (Å²) in [5, 5.41) is 0. The third kappa shape index (κ3) is 1.71. The number of hydrogen-bond acceptors (Lipinski definition) is 6. The second kappa shape index (κ2) is 2.44. The second-order valence-electron chi connectivity index (χ2n) is 3.43. The number of rotatable bonds is 0. The van der Waals surface area contributed by atoms with E-state index < -0.39 is 25.7 Å². The molecular weight excluding hydrogens is 220 g/mol. The molecule has 2 aliphatic rings. The molecule has 6 nitrogen and oxygen atoms in total. The predicted molar refractivity (Wildman–Crippen MR) is 41.9 cm³/mol. The summed E-state index contributed by atoms with van der Waals surface area (Å²) < 4.78 is 52.7. The Bertz CT molecular complexity index is 376. The van der Waals surface area contributed by atoms with Crippen molar-refractivity contribution in [3.8, 4) is 0 Å². The van der Waals surface area contributed by atoms with Crippen LogP contribution in [0.15, 0.2) is 0 Å². The zero-order valence-corrected chi connectivity index (χ0v) is 8.23. The Balaban J connectivity index is 2.29. The maximum Gasteiger partial charge on any atom is 0.268 e. The standard InChI is InChI=1S/C5H8O6S2/c6-12(7)3-5(1-10-12)2-11-13(8,9)4-5/h1-4H2. The molecule has 2 rings (SSSR count). The van der Waals surface area contributed by atoms with Crippen molar-refractivity contribution in [2.45, 2.75) is 0 Å². The molecule has 2 heterocycles. The first-order chi connectivity index (χ1) is 5.83. The smallest absolute Gasteiger partial charge is 0.268 e. The average molecular weight is 228 g/mol. The maximum absolute atomic E-state index is 10.9. The molecule has 0 aromatic rings. The minimum Gasteiger partial charge on any atom is -0.269 e. The van der Waals surface area contributed by atoms with Crippen LogP contribution in [0.3, 0.4) is 0 Å². The Morgan fingerprint density at radius 2 is 1.23 bits per heavy atom. The lowest BCUT2D eigenvalue weighted by Gasteiger charge is -2.11. The molecule has 0 saturated carbocycles. The molecular formula is C5H8O6S2. The molecule has 0 amide bonds. The largest absolute Gasteiger partial charge is 0.269 e. The van der Waals surface area contributed by atoms with E-state index in [4.69, 9.17) is 0 Å². The van der Waals surface area contributed by atoms with Gasteiger partial charge in [-0.2, -0.15) is 16.8 Å². The predicted octanol–water partition coefficient (Wildman–Crippen LogP) is -1.31. The monoisotopic (exact) mass is 228 g/mol. The highest BCUT2D eigenvalue weighted by Gasteiger charge is 2.51. The van der Waals surface area contributed by atoms with Gasteiger partial charge in [0.2, 0.25) is 0 Å². The van der Waals surface area contributed by atoms with Crippen molar-refractivity contribution in [3.63, 3.8) is 0 Å². The summed E-state index contributed by atoms with van der Waals surface area (Å²) in [6.45, 7) is -0.177. The van der Waals surface area contributed by atoms with Gasteiger partial charge in [0.15, 0.2) is 0 Å². The van der Waals surface area contributed by atoms with Crippen molar-refractivity contribution >= 4 is 20.2 Å². The van der Waals surface area contributed by atoms with Gasteiger partial charge in [-0.3, -0.25) is 8.37 Å². The lowest BCUT2D eigenvalue weighted by molar-refractivity contribution is 0.188. The van der Waals surface area contributed by atoms with Crippen molar-refractivity contribution < 1.29 is 25.2 Å². The molecule has 0 bridgehead atoms. The maximum atomic E-state index is 10.9. The van der Waals surface area contributed by atoms with Gasteiger partial charge < -0.3 is 0 Å². The summed E-state index contributed by atoms with van der Waals surface area (Å²) in [7, 11) is -7.07. The van der Waals surface area contributed by atoms with Gasteiger partial charge in [0.05, 0.1) is 30.1 Å². The van der Waals surface area contributed by atoms with Gasteiger partial charge in [-0.05, 0) is 0 Å². The minimum atomic E-state index is -3.53. The number of hydrogen-bond donors (Lipinski definition) is 0. The van der Waals surface area contributed by atoms with E-state index in [0.29, 0.717) is 0 Å². The van der Waals surface area contributed by atoms with Crippen LogP contribution in [0.2, 0.25) is 0 Å². The molecule has 76 valence electrons. The lowest BCUT2D eigenvalue weighted by atomic mass is 9.96. The fourth-order valence-electron chi connectivity index (χ4n) is 1.51. The summed E-state index contributed by atoms with van der Waals surface area (Å²) in [4.78, 5) is 0. The van der Waals surface area contributed by atoms with Crippen LogP contribution >= 0.6 is 0 Å². The van der Waals surface area contributed by atoms with Gasteiger partial charge in [0.25, 0.3) is 20.2 Å². The summed E-state index contributed by atoms with van der Waals surface area (Å²) in [5.41, 5.74) is -0.863. The highest BCUT2D eigenvalue weighted by molar-refractivity contribution is 7.88. The van der Waals surface area contributed by atoms with Crippen molar-refractivity contribution in [3.05, 3.63) is 0 Å². The first kappa shape index (κ1) is 9.38. The molecule has 2 saturated heterocycles. The third-order valence-corrected chi connectivity index (χ3v) is 4.94. The van der Waals surface area contributed by atoms with E-state index in [2.05, 4.69) is 8.37 Å². The van der Waals surface area contributed by atoms with E-state index in [-0.39, 0.29) is 24.7 Å². The Morgan fingerprint density at radius 1 is 0.846 bits per heavy atom. The Kier molecular flexibility index (Phi) is 1.76. The van der Waals surface area contributed by atoms with Gasteiger partial charge in [-0.25, -0.2) is 0 Å². The van der Waals surface area contributed by atoms with Crippen LogP contribution in [0.5, 0.6) is 0 Å². The average Bonchev–Trinajstić information content (AvgIpc) is 2.37. The highest BCUT2D eigenvalue weighted by Crippen LogP contribution is 2.35. The molecule has 8 heteroatoms. The fraction of sp³-hybridized carbons (Fsp3) is 1.00. The van der Waals surface area contributed by atoms with Crippen LogP contribution < -0.4 is 0 Å². The van der Waals surface area contributed by atoms with E-state index in [9.17, 15) is 16.8 Å². The summed E-state index contributed by atoms with van der Waals surface area (Å²) in [5.74, 6) is -0.529. The zero-order chi connectivity index (χ0) is 9.74. The second-order valence-corrected chi connectivity index (χ2v) is 6.71. The van der Waals surface area contributed by atoms with Gasteiger partial charge in [-0.1, -0.05) is 0 Å². The zero-order valence-electron chi connectivity index (χ0n) is 6.59. The fourth-order valence-corrected chi connectivity index (χ4v) is 4.71. The molecule has 0 aromatic heterocycles. The van der Waals surface area contributed by atoms with Gasteiger partial charge in [-0.15, -0.1) is 0 Å². The van der Waals surface area contributed by atoms with E-state index in [1.54, 1.807) is 0 Å². The SMILES string of the molecule is O=S1(=O)CC2(CO1)COS(=O)(=O)C2. The van der Waals surface area contributed by atoms with Crippen molar-refractivity contribution in [2.24, 2.45) is 5.41 Å². The Morgan fingerprint density at radius 3 is 1.46 bits per heavy atom. The van der Waals surface area contributed by atoms with Crippen molar-refractivity contribution in [1.29, 1.82) is 0 Å². The summed E-state index contributed by atoms with van der Waals surface area (Å²) >= 11 is 0. The molecule has 0 unspecified atom stereocenters. The minimum absolute atomic E-state index is 0.0887. The van der Waals surface area contributed by atoms with Crippen molar-refractivity contribution in [2.75, 3.05) is 24.7 Å². The molecule has 2 fully saturated rings. The van der Waals surface area contributed by atoms with Crippen LogP contribution in [0.4, 0.5) is 0 Å². The molecule has 2 aliphatic heterocycles. The summed E-state index contributed by atoms with van der Waals surface area (Å²) in [6.07, 6.45) is 0. The molecule has 13 heavy (non-hydrogen) atoms. The molecule has 0 radical (unpaired) electrons. The van der Waals surface area contributed by atoms with Crippen LogP contribution in [0, 0.1) is 5.41 Å². The topological polar surface area (TPSA) is 86.7 Å².